The van der Waals surface area contributed by atoms with Crippen molar-refractivity contribution in [3.05, 3.63) is 0 Å². The second-order valence-electron chi connectivity index (χ2n) is 3.79. The maximum absolute atomic E-state index is 5.29. The molecule has 1 N–H and O–H groups in total. The Balaban J connectivity index is 0.00000121. The van der Waals surface area contributed by atoms with Crippen molar-refractivity contribution in [1.82, 2.24) is 0 Å². The highest BCUT2D eigenvalue weighted by Gasteiger charge is 2.13. The predicted octanol–water partition coefficient (Wildman–Crippen LogP) is -3.05. The first-order valence-corrected chi connectivity index (χ1v) is 4.70. The van der Waals surface area contributed by atoms with E-state index in [1.807, 2.05) is 0 Å². The summed E-state index contributed by atoms with van der Waals surface area (Å²) in [5, 5.41) is 0. The van der Waals surface area contributed by atoms with Crippen molar-refractivity contribution in [1.29, 1.82) is 0 Å². The standard InChI is InChI=1S/C9H19NO.ClH/c1-9(2)3-4-10-5-7-11-8-6-10;/h9H,3-8H2,1-2H3;1H. The molecule has 1 heterocycles. The maximum Gasteiger partial charge on any atom is 0.101 e. The van der Waals surface area contributed by atoms with E-state index in [0.717, 1.165) is 19.1 Å². The Hall–Kier alpha value is 0.210. The predicted molar refractivity (Wildman–Crippen MR) is 45.8 cm³/mol. The number of morpholine rings is 1. The largest absolute Gasteiger partial charge is 1.00 e. The third kappa shape index (κ3) is 4.96. The van der Waals surface area contributed by atoms with Crippen LogP contribution in [-0.4, -0.2) is 32.8 Å². The van der Waals surface area contributed by atoms with Gasteiger partial charge in [-0.1, -0.05) is 13.8 Å². The molecular formula is C9H20ClNO. The highest BCUT2D eigenvalue weighted by atomic mass is 35.5. The van der Waals surface area contributed by atoms with Crippen LogP contribution in [-0.2, 0) is 4.74 Å². The summed E-state index contributed by atoms with van der Waals surface area (Å²) in [4.78, 5) is 1.73. The average molecular weight is 194 g/mol. The van der Waals surface area contributed by atoms with Crippen molar-refractivity contribution >= 4 is 0 Å². The van der Waals surface area contributed by atoms with Gasteiger partial charge in [-0.25, -0.2) is 0 Å². The molecule has 1 aliphatic heterocycles. The fourth-order valence-electron chi connectivity index (χ4n) is 1.40. The maximum atomic E-state index is 5.29. The smallest absolute Gasteiger partial charge is 0.101 e. The van der Waals surface area contributed by atoms with Gasteiger partial charge in [-0.2, -0.15) is 0 Å². The average Bonchev–Trinajstić information content (AvgIpc) is 2.03. The van der Waals surface area contributed by atoms with Crippen molar-refractivity contribution in [3.8, 4) is 0 Å². The number of rotatable bonds is 3. The minimum Gasteiger partial charge on any atom is -1.00 e. The van der Waals surface area contributed by atoms with Gasteiger partial charge in [-0.3, -0.25) is 0 Å². The van der Waals surface area contributed by atoms with Crippen LogP contribution in [0.25, 0.3) is 0 Å². The Morgan fingerprint density at radius 2 is 1.83 bits per heavy atom. The van der Waals surface area contributed by atoms with Crippen LogP contribution in [0.5, 0.6) is 0 Å². The summed E-state index contributed by atoms with van der Waals surface area (Å²) in [5.74, 6) is 0.852. The van der Waals surface area contributed by atoms with E-state index in [-0.39, 0.29) is 12.4 Å². The topological polar surface area (TPSA) is 13.7 Å². The zero-order valence-corrected chi connectivity index (χ0v) is 8.86. The van der Waals surface area contributed by atoms with Crippen LogP contribution >= 0.6 is 0 Å². The Bertz CT molecular complexity index is 103. The summed E-state index contributed by atoms with van der Waals surface area (Å²) in [7, 11) is 0. The van der Waals surface area contributed by atoms with Gasteiger partial charge >= 0.3 is 0 Å². The molecule has 1 fully saturated rings. The molecular weight excluding hydrogens is 174 g/mol. The molecule has 1 saturated heterocycles. The summed E-state index contributed by atoms with van der Waals surface area (Å²) < 4.78 is 5.29. The number of ether oxygens (including phenoxy) is 1. The van der Waals surface area contributed by atoms with Gasteiger partial charge in [-0.15, -0.1) is 0 Å². The second kappa shape index (κ2) is 6.70. The number of nitrogens with one attached hydrogen (secondary N) is 1. The van der Waals surface area contributed by atoms with Gasteiger partial charge in [0.25, 0.3) is 0 Å². The molecule has 3 heteroatoms. The summed E-state index contributed by atoms with van der Waals surface area (Å²) in [6.45, 7) is 10.3. The SMILES string of the molecule is CC(C)CC[NH+]1CCOCC1.[Cl-]. The van der Waals surface area contributed by atoms with Gasteiger partial charge in [0.15, 0.2) is 0 Å². The zero-order valence-electron chi connectivity index (χ0n) is 8.11. The monoisotopic (exact) mass is 193 g/mol. The molecule has 0 radical (unpaired) electrons. The fourth-order valence-corrected chi connectivity index (χ4v) is 1.40. The van der Waals surface area contributed by atoms with E-state index < -0.39 is 0 Å². The minimum atomic E-state index is 0. The number of hydrogen-bond donors (Lipinski definition) is 1. The van der Waals surface area contributed by atoms with Crippen molar-refractivity contribution < 1.29 is 22.0 Å². The third-order valence-electron chi connectivity index (χ3n) is 2.28. The van der Waals surface area contributed by atoms with Crippen molar-refractivity contribution in [2.75, 3.05) is 32.8 Å². The number of hydrogen-bond acceptors (Lipinski definition) is 1. The molecule has 12 heavy (non-hydrogen) atoms. The summed E-state index contributed by atoms with van der Waals surface area (Å²) >= 11 is 0. The second-order valence-corrected chi connectivity index (χ2v) is 3.79. The molecule has 2 nitrogen and oxygen atoms in total. The molecule has 0 spiro atoms. The van der Waals surface area contributed by atoms with E-state index in [9.17, 15) is 0 Å². The van der Waals surface area contributed by atoms with Gasteiger partial charge < -0.3 is 22.0 Å². The van der Waals surface area contributed by atoms with Crippen molar-refractivity contribution in [2.45, 2.75) is 20.3 Å². The summed E-state index contributed by atoms with van der Waals surface area (Å²) in [6, 6.07) is 0. The highest BCUT2D eigenvalue weighted by Crippen LogP contribution is 1.94. The molecule has 0 aromatic heterocycles. The number of halogens is 1. The van der Waals surface area contributed by atoms with Gasteiger partial charge in [0.05, 0.1) is 19.8 Å². The molecule has 1 rings (SSSR count). The summed E-state index contributed by atoms with van der Waals surface area (Å²) in [5.41, 5.74) is 0. The normalized spacial score (nSPS) is 19.2. The van der Waals surface area contributed by atoms with Gasteiger partial charge in [0.2, 0.25) is 0 Å². The lowest BCUT2D eigenvalue weighted by molar-refractivity contribution is -0.908. The molecule has 0 aromatic carbocycles. The molecule has 1 aliphatic rings. The van der Waals surface area contributed by atoms with Crippen LogP contribution in [0.15, 0.2) is 0 Å². The van der Waals surface area contributed by atoms with Gasteiger partial charge in [-0.05, 0) is 12.3 Å². The quantitative estimate of drug-likeness (QED) is 0.503. The first kappa shape index (κ1) is 12.2. The van der Waals surface area contributed by atoms with E-state index in [4.69, 9.17) is 4.74 Å². The van der Waals surface area contributed by atoms with Crippen molar-refractivity contribution in [3.63, 3.8) is 0 Å². The van der Waals surface area contributed by atoms with E-state index in [1.54, 1.807) is 4.90 Å². The molecule has 0 aromatic rings. The minimum absolute atomic E-state index is 0. The number of quaternary nitrogens is 1. The molecule has 0 aliphatic carbocycles. The zero-order chi connectivity index (χ0) is 8.10. The fraction of sp³-hybridized carbons (Fsp3) is 1.00. The van der Waals surface area contributed by atoms with E-state index in [0.29, 0.717) is 0 Å². The van der Waals surface area contributed by atoms with E-state index in [2.05, 4.69) is 13.8 Å². The van der Waals surface area contributed by atoms with Crippen LogP contribution in [0.2, 0.25) is 0 Å². The lowest BCUT2D eigenvalue weighted by Crippen LogP contribution is -3.14. The van der Waals surface area contributed by atoms with Crippen LogP contribution in [0.1, 0.15) is 20.3 Å². The van der Waals surface area contributed by atoms with Crippen molar-refractivity contribution in [2.24, 2.45) is 5.92 Å². The summed E-state index contributed by atoms with van der Waals surface area (Å²) in [6.07, 6.45) is 1.36. The van der Waals surface area contributed by atoms with E-state index >= 15 is 0 Å². The third-order valence-corrected chi connectivity index (χ3v) is 2.28. The van der Waals surface area contributed by atoms with E-state index in [1.165, 1.54) is 26.1 Å². The Labute approximate surface area is 81.7 Å². The molecule has 0 atom stereocenters. The van der Waals surface area contributed by atoms with Crippen LogP contribution in [0.4, 0.5) is 0 Å². The lowest BCUT2D eigenvalue weighted by atomic mass is 10.1. The molecule has 0 unspecified atom stereocenters. The Kier molecular flexibility index (Phi) is 6.81. The molecule has 0 amide bonds. The Morgan fingerprint density at radius 1 is 1.25 bits per heavy atom. The Morgan fingerprint density at radius 3 is 2.33 bits per heavy atom. The van der Waals surface area contributed by atoms with Gasteiger partial charge in [0, 0.05) is 0 Å². The first-order chi connectivity index (χ1) is 5.29. The molecule has 0 bridgehead atoms. The molecule has 74 valence electrons. The highest BCUT2D eigenvalue weighted by molar-refractivity contribution is 4.44. The van der Waals surface area contributed by atoms with Crippen LogP contribution in [0, 0.1) is 5.92 Å². The first-order valence-electron chi connectivity index (χ1n) is 4.70. The van der Waals surface area contributed by atoms with Crippen LogP contribution in [0.3, 0.4) is 0 Å². The van der Waals surface area contributed by atoms with Crippen LogP contribution < -0.4 is 17.3 Å². The molecule has 0 saturated carbocycles. The lowest BCUT2D eigenvalue weighted by Gasteiger charge is -2.24. The van der Waals surface area contributed by atoms with Gasteiger partial charge in [0.1, 0.15) is 13.1 Å².